The van der Waals surface area contributed by atoms with Crippen molar-refractivity contribution >= 4 is 11.5 Å². The van der Waals surface area contributed by atoms with Gasteiger partial charge in [0.1, 0.15) is 0 Å². The Labute approximate surface area is 112 Å². The maximum Gasteiger partial charge on any atom is 0.214 e. The normalized spacial score (nSPS) is 10.4. The minimum Gasteiger partial charge on any atom is -0.493 e. The molecular formula is C14H17N3O2. The van der Waals surface area contributed by atoms with Crippen molar-refractivity contribution in [2.75, 3.05) is 12.8 Å². The second-order valence-corrected chi connectivity index (χ2v) is 4.24. The summed E-state index contributed by atoms with van der Waals surface area (Å²) in [5.41, 5.74) is 7.28. The number of nitrogens with zero attached hydrogens (tertiary/aromatic N) is 2. The molecule has 0 saturated heterocycles. The lowest BCUT2D eigenvalue weighted by atomic mass is 10.1. The zero-order valence-electron chi connectivity index (χ0n) is 11.1. The molecular weight excluding hydrogens is 242 g/mol. The van der Waals surface area contributed by atoms with Crippen LogP contribution in [0.3, 0.4) is 0 Å². The quantitative estimate of drug-likeness (QED) is 0.659. The number of carbonyl (C=O) groups is 1. The van der Waals surface area contributed by atoms with E-state index < -0.39 is 0 Å². The summed E-state index contributed by atoms with van der Waals surface area (Å²) in [5, 5.41) is 4.19. The van der Waals surface area contributed by atoms with Crippen molar-refractivity contribution in [2.24, 2.45) is 0 Å². The summed E-state index contributed by atoms with van der Waals surface area (Å²) in [7, 11) is 1.53. The molecule has 0 saturated carbocycles. The van der Waals surface area contributed by atoms with E-state index in [1.165, 1.54) is 7.11 Å². The summed E-state index contributed by atoms with van der Waals surface area (Å²) in [5.74, 6) is 0.357. The second-order valence-electron chi connectivity index (χ2n) is 4.24. The fourth-order valence-electron chi connectivity index (χ4n) is 1.94. The third-order valence-electron chi connectivity index (χ3n) is 2.83. The average molecular weight is 259 g/mol. The second kappa shape index (κ2) is 5.56. The summed E-state index contributed by atoms with van der Waals surface area (Å²) >= 11 is 0. The van der Waals surface area contributed by atoms with Crippen LogP contribution in [-0.2, 0) is 6.54 Å². The Morgan fingerprint density at radius 3 is 2.89 bits per heavy atom. The molecule has 1 aromatic heterocycles. The van der Waals surface area contributed by atoms with Crippen molar-refractivity contribution in [2.45, 2.75) is 19.9 Å². The van der Waals surface area contributed by atoms with E-state index in [9.17, 15) is 4.79 Å². The molecule has 1 aromatic carbocycles. The number of ether oxygens (including phenoxy) is 1. The summed E-state index contributed by atoms with van der Waals surface area (Å²) in [4.78, 5) is 12.5. The van der Waals surface area contributed by atoms with Gasteiger partial charge in [-0.2, -0.15) is 5.10 Å². The number of hydrogen-bond donors (Lipinski definition) is 1. The highest BCUT2D eigenvalue weighted by molar-refractivity contribution is 6.09. The molecule has 2 aromatic rings. The fraction of sp³-hybridized carbons (Fsp3) is 0.286. The predicted octanol–water partition coefficient (Wildman–Crippen LogP) is 2.11. The summed E-state index contributed by atoms with van der Waals surface area (Å²) in [6.07, 6.45) is 2.46. The van der Waals surface area contributed by atoms with Crippen molar-refractivity contribution in [1.29, 1.82) is 0 Å². The Bertz CT molecular complexity index is 590. The zero-order valence-corrected chi connectivity index (χ0v) is 11.1. The van der Waals surface area contributed by atoms with Gasteiger partial charge in [-0.3, -0.25) is 9.48 Å². The van der Waals surface area contributed by atoms with Crippen molar-refractivity contribution in [1.82, 2.24) is 9.78 Å². The topological polar surface area (TPSA) is 70.1 Å². The summed E-state index contributed by atoms with van der Waals surface area (Å²) in [6, 6.07) is 6.90. The van der Waals surface area contributed by atoms with Crippen LogP contribution < -0.4 is 10.5 Å². The Balaban J connectivity index is 2.45. The SMILES string of the molecule is CCCn1ncc(OC)c1C(=O)c1cccc(N)c1. The number of rotatable bonds is 5. The molecule has 0 spiro atoms. The minimum atomic E-state index is -0.130. The first kappa shape index (κ1) is 13.1. The van der Waals surface area contributed by atoms with Crippen LogP contribution in [-0.4, -0.2) is 22.7 Å². The van der Waals surface area contributed by atoms with E-state index in [2.05, 4.69) is 5.10 Å². The lowest BCUT2D eigenvalue weighted by Gasteiger charge is -2.07. The van der Waals surface area contributed by atoms with Gasteiger partial charge in [-0.25, -0.2) is 0 Å². The molecule has 2 N–H and O–H groups in total. The molecule has 0 amide bonds. The molecule has 0 radical (unpaired) electrons. The highest BCUT2D eigenvalue weighted by Crippen LogP contribution is 2.22. The molecule has 5 nitrogen and oxygen atoms in total. The number of ketones is 1. The number of benzene rings is 1. The van der Waals surface area contributed by atoms with Gasteiger partial charge < -0.3 is 10.5 Å². The first-order valence-electron chi connectivity index (χ1n) is 6.17. The number of hydrogen-bond acceptors (Lipinski definition) is 4. The molecule has 1 heterocycles. The van der Waals surface area contributed by atoms with Crippen LogP contribution in [0.5, 0.6) is 5.75 Å². The smallest absolute Gasteiger partial charge is 0.214 e. The number of aryl methyl sites for hydroxylation is 1. The minimum absolute atomic E-state index is 0.130. The Morgan fingerprint density at radius 1 is 1.47 bits per heavy atom. The van der Waals surface area contributed by atoms with Crippen LogP contribution in [0.1, 0.15) is 29.4 Å². The highest BCUT2D eigenvalue weighted by atomic mass is 16.5. The molecule has 5 heteroatoms. The Morgan fingerprint density at radius 2 is 2.26 bits per heavy atom. The third-order valence-corrected chi connectivity index (χ3v) is 2.83. The van der Waals surface area contributed by atoms with E-state index in [0.29, 0.717) is 29.2 Å². The van der Waals surface area contributed by atoms with Gasteiger partial charge >= 0.3 is 0 Å². The average Bonchev–Trinajstić information content (AvgIpc) is 2.81. The van der Waals surface area contributed by atoms with Gasteiger partial charge in [0.05, 0.1) is 13.3 Å². The van der Waals surface area contributed by atoms with E-state index >= 15 is 0 Å². The molecule has 100 valence electrons. The molecule has 19 heavy (non-hydrogen) atoms. The summed E-state index contributed by atoms with van der Waals surface area (Å²) in [6.45, 7) is 2.70. The predicted molar refractivity (Wildman–Crippen MR) is 73.4 cm³/mol. The van der Waals surface area contributed by atoms with Gasteiger partial charge in [0.15, 0.2) is 11.4 Å². The Hall–Kier alpha value is -2.30. The number of aromatic nitrogens is 2. The number of nitrogens with two attached hydrogens (primary N) is 1. The maximum atomic E-state index is 12.5. The van der Waals surface area contributed by atoms with E-state index in [4.69, 9.17) is 10.5 Å². The third kappa shape index (κ3) is 2.59. The molecule has 0 bridgehead atoms. The van der Waals surface area contributed by atoms with Crippen LogP contribution in [0.25, 0.3) is 0 Å². The lowest BCUT2D eigenvalue weighted by Crippen LogP contribution is -2.12. The van der Waals surface area contributed by atoms with Crippen LogP contribution in [0.4, 0.5) is 5.69 Å². The fourth-order valence-corrected chi connectivity index (χ4v) is 1.94. The standard InChI is InChI=1S/C14H17N3O2/c1-3-7-17-13(12(19-2)9-16-17)14(18)10-5-4-6-11(15)8-10/h4-6,8-9H,3,7,15H2,1-2H3. The maximum absolute atomic E-state index is 12.5. The van der Waals surface area contributed by atoms with Gasteiger partial charge in [-0.05, 0) is 18.6 Å². The van der Waals surface area contributed by atoms with Crippen molar-refractivity contribution in [3.63, 3.8) is 0 Å². The molecule has 0 fully saturated rings. The van der Waals surface area contributed by atoms with Crippen molar-refractivity contribution < 1.29 is 9.53 Å². The number of anilines is 1. The van der Waals surface area contributed by atoms with Gasteiger partial charge in [-0.1, -0.05) is 19.1 Å². The van der Waals surface area contributed by atoms with Gasteiger partial charge in [0.2, 0.25) is 5.78 Å². The lowest BCUT2D eigenvalue weighted by molar-refractivity contribution is 0.102. The molecule has 0 aliphatic heterocycles. The molecule has 0 unspecified atom stereocenters. The van der Waals surface area contributed by atoms with Gasteiger partial charge in [-0.15, -0.1) is 0 Å². The van der Waals surface area contributed by atoms with Crippen LogP contribution >= 0.6 is 0 Å². The monoisotopic (exact) mass is 259 g/mol. The highest BCUT2D eigenvalue weighted by Gasteiger charge is 2.20. The molecule has 0 aliphatic carbocycles. The van der Waals surface area contributed by atoms with E-state index in [-0.39, 0.29) is 5.78 Å². The van der Waals surface area contributed by atoms with E-state index in [0.717, 1.165) is 6.42 Å². The number of methoxy groups -OCH3 is 1. The number of carbonyl (C=O) groups excluding carboxylic acids is 1. The van der Waals surface area contributed by atoms with Gasteiger partial charge in [0, 0.05) is 17.8 Å². The largest absolute Gasteiger partial charge is 0.493 e. The molecule has 0 atom stereocenters. The van der Waals surface area contributed by atoms with Crippen LogP contribution in [0.2, 0.25) is 0 Å². The van der Waals surface area contributed by atoms with Crippen molar-refractivity contribution in [3.8, 4) is 5.75 Å². The van der Waals surface area contributed by atoms with E-state index in [1.807, 2.05) is 6.92 Å². The van der Waals surface area contributed by atoms with Crippen LogP contribution in [0, 0.1) is 0 Å². The summed E-state index contributed by atoms with van der Waals surface area (Å²) < 4.78 is 6.88. The van der Waals surface area contributed by atoms with Gasteiger partial charge in [0.25, 0.3) is 0 Å². The zero-order chi connectivity index (χ0) is 13.8. The first-order valence-corrected chi connectivity index (χ1v) is 6.17. The van der Waals surface area contributed by atoms with Crippen LogP contribution in [0.15, 0.2) is 30.5 Å². The van der Waals surface area contributed by atoms with Crippen molar-refractivity contribution in [3.05, 3.63) is 41.7 Å². The number of nitrogen functional groups attached to an aromatic ring is 1. The first-order chi connectivity index (χ1) is 9.17. The molecule has 2 rings (SSSR count). The molecule has 0 aliphatic rings. The Kier molecular flexibility index (Phi) is 3.85. The van der Waals surface area contributed by atoms with E-state index in [1.54, 1.807) is 35.1 Å².